The van der Waals surface area contributed by atoms with Gasteiger partial charge in [-0.25, -0.2) is 0 Å². The third-order valence-corrected chi connectivity index (χ3v) is 6.97. The maximum absolute atomic E-state index is 13.6. The summed E-state index contributed by atoms with van der Waals surface area (Å²) in [5.41, 5.74) is 5.39. The van der Waals surface area contributed by atoms with Gasteiger partial charge in [-0.1, -0.05) is 32.0 Å². The van der Waals surface area contributed by atoms with Crippen LogP contribution in [0.4, 0.5) is 11.4 Å². The first-order chi connectivity index (χ1) is 16.3. The van der Waals surface area contributed by atoms with E-state index in [-0.39, 0.29) is 23.7 Å². The second-order valence-electron chi connectivity index (χ2n) is 9.85. The highest BCUT2D eigenvalue weighted by molar-refractivity contribution is 6.05. The SMILES string of the molecule is Cn1nccc1Cc1ccc2c(c1)C(C)(C)CN2C(=O)[C@H]1CC(=O)N(c2cccc(C#N)c2)C1. The van der Waals surface area contributed by atoms with Crippen LogP contribution in [0.2, 0.25) is 0 Å². The van der Waals surface area contributed by atoms with Crippen molar-refractivity contribution in [2.45, 2.75) is 32.1 Å². The molecule has 1 atom stereocenters. The summed E-state index contributed by atoms with van der Waals surface area (Å²) in [4.78, 5) is 29.9. The zero-order valence-corrected chi connectivity index (χ0v) is 19.7. The molecule has 7 nitrogen and oxygen atoms in total. The van der Waals surface area contributed by atoms with Crippen LogP contribution in [0.1, 0.15) is 42.7 Å². The van der Waals surface area contributed by atoms with E-state index >= 15 is 0 Å². The number of nitriles is 1. The summed E-state index contributed by atoms with van der Waals surface area (Å²) in [6.07, 6.45) is 2.76. The molecule has 2 aliphatic rings. The predicted octanol–water partition coefficient (Wildman–Crippen LogP) is 3.56. The second kappa shape index (κ2) is 8.14. The summed E-state index contributed by atoms with van der Waals surface area (Å²) < 4.78 is 1.88. The Labute approximate surface area is 199 Å². The highest BCUT2D eigenvalue weighted by atomic mass is 16.2. The monoisotopic (exact) mass is 453 g/mol. The smallest absolute Gasteiger partial charge is 0.232 e. The molecule has 7 heteroatoms. The number of rotatable bonds is 4. The molecule has 1 aromatic heterocycles. The molecule has 0 aliphatic carbocycles. The largest absolute Gasteiger partial charge is 0.312 e. The zero-order valence-electron chi connectivity index (χ0n) is 19.7. The van der Waals surface area contributed by atoms with Gasteiger partial charge in [0.15, 0.2) is 0 Å². The summed E-state index contributed by atoms with van der Waals surface area (Å²) >= 11 is 0. The van der Waals surface area contributed by atoms with Crippen LogP contribution in [0.5, 0.6) is 0 Å². The van der Waals surface area contributed by atoms with Gasteiger partial charge < -0.3 is 9.80 Å². The standard InChI is InChI=1S/C27H27N5O2/c1-27(2)17-32(24-8-7-18(13-23(24)27)11-21-9-10-29-30(21)3)26(34)20-14-25(33)31(16-20)22-6-4-5-19(12-22)15-28/h4-10,12-13,20H,11,14,16-17H2,1-3H3/t20-/m0/s1. The molecule has 0 spiro atoms. The van der Waals surface area contributed by atoms with E-state index in [0.717, 1.165) is 23.4 Å². The summed E-state index contributed by atoms with van der Waals surface area (Å²) in [6, 6.07) is 17.4. The molecule has 172 valence electrons. The van der Waals surface area contributed by atoms with E-state index in [1.54, 1.807) is 29.3 Å². The summed E-state index contributed by atoms with van der Waals surface area (Å²) in [7, 11) is 1.94. The number of carbonyl (C=O) groups is 2. The maximum Gasteiger partial charge on any atom is 0.232 e. The average Bonchev–Trinajstić information content (AvgIpc) is 3.49. The molecule has 0 N–H and O–H groups in total. The van der Waals surface area contributed by atoms with Crippen molar-refractivity contribution in [2.75, 3.05) is 22.9 Å². The van der Waals surface area contributed by atoms with Crippen molar-refractivity contribution in [3.05, 3.63) is 77.1 Å². The number of amides is 2. The van der Waals surface area contributed by atoms with E-state index in [1.165, 1.54) is 5.56 Å². The molecule has 3 aromatic rings. The molecular weight excluding hydrogens is 426 g/mol. The Hall–Kier alpha value is -3.92. The van der Waals surface area contributed by atoms with Gasteiger partial charge in [-0.15, -0.1) is 0 Å². The third kappa shape index (κ3) is 3.75. The summed E-state index contributed by atoms with van der Waals surface area (Å²) in [5.74, 6) is -0.508. The molecule has 1 fully saturated rings. The lowest BCUT2D eigenvalue weighted by molar-refractivity contribution is -0.124. The highest BCUT2D eigenvalue weighted by Gasteiger charge is 2.43. The number of fused-ring (bicyclic) bond motifs is 1. The van der Waals surface area contributed by atoms with Crippen molar-refractivity contribution < 1.29 is 9.59 Å². The van der Waals surface area contributed by atoms with Crippen LogP contribution in [0, 0.1) is 17.2 Å². The predicted molar refractivity (Wildman–Crippen MR) is 129 cm³/mol. The first-order valence-corrected chi connectivity index (χ1v) is 11.5. The van der Waals surface area contributed by atoms with E-state index in [2.05, 4.69) is 37.1 Å². The summed E-state index contributed by atoms with van der Waals surface area (Å²) in [6.45, 7) is 5.24. The van der Waals surface area contributed by atoms with E-state index < -0.39 is 5.92 Å². The van der Waals surface area contributed by atoms with Crippen LogP contribution in [0.3, 0.4) is 0 Å². The van der Waals surface area contributed by atoms with Crippen molar-refractivity contribution in [2.24, 2.45) is 13.0 Å². The minimum absolute atomic E-state index is 0.0153. The fraction of sp³-hybridized carbons (Fsp3) is 0.333. The summed E-state index contributed by atoms with van der Waals surface area (Å²) in [5, 5.41) is 13.4. The van der Waals surface area contributed by atoms with E-state index in [0.29, 0.717) is 24.3 Å². The van der Waals surface area contributed by atoms with Gasteiger partial charge in [-0.3, -0.25) is 14.3 Å². The molecule has 5 rings (SSSR count). The maximum atomic E-state index is 13.6. The Morgan fingerprint density at radius 1 is 1.21 bits per heavy atom. The van der Waals surface area contributed by atoms with E-state index in [1.807, 2.05) is 34.8 Å². The second-order valence-corrected chi connectivity index (χ2v) is 9.85. The molecule has 1 saturated heterocycles. The van der Waals surface area contributed by atoms with Gasteiger partial charge in [0.25, 0.3) is 0 Å². The number of anilines is 2. The normalized spacial score (nSPS) is 18.8. The van der Waals surface area contributed by atoms with Gasteiger partial charge >= 0.3 is 0 Å². The van der Waals surface area contributed by atoms with Crippen LogP contribution < -0.4 is 9.80 Å². The number of hydrogen-bond donors (Lipinski definition) is 0. The number of benzene rings is 2. The molecular formula is C27H27N5O2. The molecule has 3 heterocycles. The Balaban J connectivity index is 1.38. The van der Waals surface area contributed by atoms with Crippen LogP contribution in [-0.4, -0.2) is 34.7 Å². The fourth-order valence-corrected chi connectivity index (χ4v) is 5.10. The lowest BCUT2D eigenvalue weighted by Crippen LogP contribution is -2.39. The quantitative estimate of drug-likeness (QED) is 0.605. The molecule has 2 aliphatic heterocycles. The lowest BCUT2D eigenvalue weighted by atomic mass is 9.86. The van der Waals surface area contributed by atoms with Crippen LogP contribution >= 0.6 is 0 Å². The van der Waals surface area contributed by atoms with Crippen LogP contribution in [0.25, 0.3) is 0 Å². The van der Waals surface area contributed by atoms with Crippen molar-refractivity contribution in [1.82, 2.24) is 9.78 Å². The van der Waals surface area contributed by atoms with Crippen molar-refractivity contribution >= 4 is 23.2 Å². The van der Waals surface area contributed by atoms with Gasteiger partial charge in [-0.05, 0) is 41.5 Å². The topological polar surface area (TPSA) is 82.2 Å². The third-order valence-electron chi connectivity index (χ3n) is 6.97. The number of carbonyl (C=O) groups excluding carboxylic acids is 2. The number of nitrogens with zero attached hydrogens (tertiary/aromatic N) is 5. The van der Waals surface area contributed by atoms with Gasteiger partial charge in [0.2, 0.25) is 11.8 Å². The van der Waals surface area contributed by atoms with Crippen LogP contribution in [0.15, 0.2) is 54.7 Å². The molecule has 0 bridgehead atoms. The van der Waals surface area contributed by atoms with E-state index in [9.17, 15) is 14.9 Å². The fourth-order valence-electron chi connectivity index (χ4n) is 5.10. The number of aryl methyl sites for hydroxylation is 1. The van der Waals surface area contributed by atoms with Gasteiger partial charge in [0.1, 0.15) is 0 Å². The Bertz CT molecular complexity index is 1330. The van der Waals surface area contributed by atoms with Crippen molar-refractivity contribution in [3.63, 3.8) is 0 Å². The molecule has 2 amide bonds. The number of hydrogen-bond acceptors (Lipinski definition) is 4. The van der Waals surface area contributed by atoms with Crippen LogP contribution in [-0.2, 0) is 28.5 Å². The first kappa shape index (κ1) is 21.9. The molecule has 0 unspecified atom stereocenters. The Morgan fingerprint density at radius 3 is 2.76 bits per heavy atom. The average molecular weight is 454 g/mol. The zero-order chi connectivity index (χ0) is 24.0. The minimum Gasteiger partial charge on any atom is -0.312 e. The molecule has 0 radical (unpaired) electrons. The van der Waals surface area contributed by atoms with E-state index in [4.69, 9.17) is 0 Å². The molecule has 0 saturated carbocycles. The van der Waals surface area contributed by atoms with Gasteiger partial charge in [0, 0.05) is 61.7 Å². The molecule has 2 aromatic carbocycles. The Morgan fingerprint density at radius 2 is 2.03 bits per heavy atom. The minimum atomic E-state index is -0.408. The Kier molecular flexibility index (Phi) is 5.24. The first-order valence-electron chi connectivity index (χ1n) is 11.5. The molecule has 34 heavy (non-hydrogen) atoms. The highest BCUT2D eigenvalue weighted by Crippen LogP contribution is 2.42. The van der Waals surface area contributed by atoms with Crippen molar-refractivity contribution in [3.8, 4) is 6.07 Å². The number of aromatic nitrogens is 2. The van der Waals surface area contributed by atoms with Gasteiger partial charge in [-0.2, -0.15) is 10.4 Å². The lowest BCUT2D eigenvalue weighted by Gasteiger charge is -2.23. The van der Waals surface area contributed by atoms with Crippen molar-refractivity contribution in [1.29, 1.82) is 5.26 Å². The van der Waals surface area contributed by atoms with Gasteiger partial charge in [0.05, 0.1) is 17.6 Å².